The predicted molar refractivity (Wildman–Crippen MR) is 106 cm³/mol. The zero-order valence-electron chi connectivity index (χ0n) is 16.1. The lowest BCUT2D eigenvalue weighted by atomic mass is 10.0. The van der Waals surface area contributed by atoms with E-state index in [1.807, 2.05) is 31.2 Å². The fraction of sp³-hybridized carbons (Fsp3) is 0.409. The van der Waals surface area contributed by atoms with Gasteiger partial charge in [-0.25, -0.2) is 0 Å². The highest BCUT2D eigenvalue weighted by Gasteiger charge is 2.25. The van der Waals surface area contributed by atoms with E-state index in [2.05, 4.69) is 16.3 Å². The quantitative estimate of drug-likeness (QED) is 0.785. The molecule has 1 aliphatic rings. The van der Waals surface area contributed by atoms with Gasteiger partial charge in [0.15, 0.2) is 0 Å². The summed E-state index contributed by atoms with van der Waals surface area (Å²) in [6.07, 6.45) is 3.17. The van der Waals surface area contributed by atoms with Crippen LogP contribution in [0.15, 0.2) is 42.5 Å². The topological polar surface area (TPSA) is 61.8 Å². The summed E-state index contributed by atoms with van der Waals surface area (Å²) < 4.78 is 5.36. The van der Waals surface area contributed by atoms with E-state index < -0.39 is 0 Å². The monoisotopic (exact) mass is 368 g/mol. The number of hydrogen-bond acceptors (Lipinski definition) is 4. The van der Waals surface area contributed by atoms with Gasteiger partial charge in [-0.2, -0.15) is 0 Å². The number of carbonyl (C=O) groups excluding carboxylic acids is 1. The fourth-order valence-electron chi connectivity index (χ4n) is 3.63. The molecule has 144 valence electrons. The molecule has 1 heterocycles. The van der Waals surface area contributed by atoms with Crippen molar-refractivity contribution in [3.8, 4) is 11.5 Å². The average Bonchev–Trinajstić information content (AvgIpc) is 3.23. The summed E-state index contributed by atoms with van der Waals surface area (Å²) in [6.45, 7) is 4.56. The lowest BCUT2D eigenvalue weighted by molar-refractivity contribution is 0.0935. The van der Waals surface area contributed by atoms with E-state index in [-0.39, 0.29) is 17.7 Å². The van der Waals surface area contributed by atoms with Crippen LogP contribution in [-0.4, -0.2) is 42.7 Å². The van der Waals surface area contributed by atoms with Crippen molar-refractivity contribution in [2.75, 3.05) is 26.7 Å². The summed E-state index contributed by atoms with van der Waals surface area (Å²) in [5.74, 6) is 0.593. The number of amides is 1. The average molecular weight is 368 g/mol. The van der Waals surface area contributed by atoms with E-state index in [4.69, 9.17) is 4.74 Å². The maximum atomic E-state index is 12.7. The van der Waals surface area contributed by atoms with Crippen LogP contribution >= 0.6 is 0 Å². The molecular formula is C22H28N2O3. The van der Waals surface area contributed by atoms with Crippen LogP contribution in [-0.2, 0) is 6.42 Å². The first-order valence-electron chi connectivity index (χ1n) is 9.60. The molecular weight excluding hydrogens is 340 g/mol. The van der Waals surface area contributed by atoms with Crippen LogP contribution in [0.5, 0.6) is 11.5 Å². The van der Waals surface area contributed by atoms with E-state index >= 15 is 0 Å². The van der Waals surface area contributed by atoms with Crippen LogP contribution < -0.4 is 10.1 Å². The minimum absolute atomic E-state index is 0.0174. The summed E-state index contributed by atoms with van der Waals surface area (Å²) >= 11 is 0. The van der Waals surface area contributed by atoms with E-state index in [1.165, 1.54) is 12.8 Å². The maximum Gasteiger partial charge on any atom is 0.255 e. The highest BCUT2D eigenvalue weighted by Crippen LogP contribution is 2.27. The van der Waals surface area contributed by atoms with Crippen LogP contribution in [0.25, 0.3) is 0 Å². The standard InChI is InChI=1S/C22H28N2O3/c1-3-16-9-10-21(25)19(13-16)22(26)23-15-20(24-11-4-5-12-24)17-7-6-8-18(14-17)27-2/h6-10,13-14,20,25H,3-5,11-12,15H2,1-2H3,(H,23,26). The number of carbonyl (C=O) groups is 1. The molecule has 5 nitrogen and oxygen atoms in total. The first-order chi connectivity index (χ1) is 13.1. The molecule has 1 saturated heterocycles. The molecule has 1 atom stereocenters. The number of benzene rings is 2. The molecule has 2 aromatic rings. The van der Waals surface area contributed by atoms with E-state index in [0.29, 0.717) is 12.1 Å². The van der Waals surface area contributed by atoms with E-state index in [1.54, 1.807) is 19.2 Å². The van der Waals surface area contributed by atoms with Gasteiger partial charge in [0.2, 0.25) is 0 Å². The number of nitrogens with one attached hydrogen (secondary N) is 1. The van der Waals surface area contributed by atoms with Gasteiger partial charge >= 0.3 is 0 Å². The second-order valence-corrected chi connectivity index (χ2v) is 6.95. The van der Waals surface area contributed by atoms with Crippen LogP contribution in [0.4, 0.5) is 0 Å². The Hall–Kier alpha value is -2.53. The van der Waals surface area contributed by atoms with Gasteiger partial charge in [-0.1, -0.05) is 25.1 Å². The number of phenols is 1. The molecule has 2 aromatic carbocycles. The molecule has 0 aromatic heterocycles. The van der Waals surface area contributed by atoms with Crippen molar-refractivity contribution < 1.29 is 14.6 Å². The van der Waals surface area contributed by atoms with E-state index in [0.717, 1.165) is 36.4 Å². The van der Waals surface area contributed by atoms with Gasteiger partial charge in [0.05, 0.1) is 18.7 Å². The summed E-state index contributed by atoms with van der Waals surface area (Å²) in [6, 6.07) is 13.3. The first-order valence-corrected chi connectivity index (χ1v) is 9.60. The molecule has 2 N–H and O–H groups in total. The summed E-state index contributed by atoms with van der Waals surface area (Å²) in [5.41, 5.74) is 2.49. The van der Waals surface area contributed by atoms with Crippen LogP contribution in [0.1, 0.15) is 47.3 Å². The number of likely N-dealkylation sites (tertiary alicyclic amines) is 1. The number of aryl methyl sites for hydroxylation is 1. The number of phenolic OH excluding ortho intramolecular Hbond substituents is 1. The highest BCUT2D eigenvalue weighted by molar-refractivity contribution is 5.97. The first kappa shape index (κ1) is 19.2. The van der Waals surface area contributed by atoms with Gasteiger partial charge in [0.25, 0.3) is 5.91 Å². The molecule has 0 radical (unpaired) electrons. The van der Waals surface area contributed by atoms with Gasteiger partial charge in [-0.15, -0.1) is 0 Å². The Bertz CT molecular complexity index is 785. The molecule has 1 amide bonds. The number of ether oxygens (including phenoxy) is 1. The largest absolute Gasteiger partial charge is 0.507 e. The highest BCUT2D eigenvalue weighted by atomic mass is 16.5. The van der Waals surface area contributed by atoms with Gasteiger partial charge in [0, 0.05) is 6.54 Å². The number of aromatic hydroxyl groups is 1. The summed E-state index contributed by atoms with van der Waals surface area (Å²) in [4.78, 5) is 15.1. The Morgan fingerprint density at radius 3 is 2.70 bits per heavy atom. The zero-order chi connectivity index (χ0) is 19.2. The van der Waals surface area contributed by atoms with Gasteiger partial charge < -0.3 is 15.2 Å². The molecule has 3 rings (SSSR count). The van der Waals surface area contributed by atoms with Crippen molar-refractivity contribution in [3.05, 3.63) is 59.2 Å². The Kier molecular flexibility index (Phi) is 6.35. The second kappa shape index (κ2) is 8.91. The van der Waals surface area contributed by atoms with Crippen LogP contribution in [0.3, 0.4) is 0 Å². The Balaban J connectivity index is 1.77. The van der Waals surface area contributed by atoms with Crippen molar-refractivity contribution in [1.82, 2.24) is 10.2 Å². The SMILES string of the molecule is CCc1ccc(O)c(C(=O)NCC(c2cccc(OC)c2)N2CCCC2)c1. The number of rotatable bonds is 7. The fourth-order valence-corrected chi connectivity index (χ4v) is 3.63. The molecule has 0 spiro atoms. The third kappa shape index (κ3) is 4.61. The van der Waals surface area contributed by atoms with Gasteiger partial charge in [-0.3, -0.25) is 9.69 Å². The smallest absolute Gasteiger partial charge is 0.255 e. The number of methoxy groups -OCH3 is 1. The number of hydrogen-bond donors (Lipinski definition) is 2. The van der Waals surface area contributed by atoms with Gasteiger partial charge in [-0.05, 0) is 67.7 Å². The summed E-state index contributed by atoms with van der Waals surface area (Å²) in [7, 11) is 1.66. The Labute approximate surface area is 161 Å². The molecule has 0 aliphatic carbocycles. The Morgan fingerprint density at radius 2 is 2.00 bits per heavy atom. The summed E-state index contributed by atoms with van der Waals surface area (Å²) in [5, 5.41) is 13.1. The molecule has 27 heavy (non-hydrogen) atoms. The van der Waals surface area contributed by atoms with Crippen molar-refractivity contribution in [2.45, 2.75) is 32.2 Å². The minimum atomic E-state index is -0.241. The van der Waals surface area contributed by atoms with Crippen molar-refractivity contribution in [1.29, 1.82) is 0 Å². The predicted octanol–water partition coefficient (Wildman–Crippen LogP) is 3.53. The molecule has 1 unspecified atom stereocenters. The maximum absolute atomic E-state index is 12.7. The molecule has 0 saturated carbocycles. The second-order valence-electron chi connectivity index (χ2n) is 6.95. The van der Waals surface area contributed by atoms with Crippen LogP contribution in [0.2, 0.25) is 0 Å². The van der Waals surface area contributed by atoms with Crippen molar-refractivity contribution >= 4 is 5.91 Å². The molecule has 0 bridgehead atoms. The zero-order valence-corrected chi connectivity index (χ0v) is 16.1. The normalized spacial score (nSPS) is 15.5. The third-order valence-electron chi connectivity index (χ3n) is 5.23. The van der Waals surface area contributed by atoms with Crippen molar-refractivity contribution in [3.63, 3.8) is 0 Å². The van der Waals surface area contributed by atoms with E-state index in [9.17, 15) is 9.90 Å². The Morgan fingerprint density at radius 1 is 1.22 bits per heavy atom. The molecule has 1 aliphatic heterocycles. The van der Waals surface area contributed by atoms with Crippen molar-refractivity contribution in [2.24, 2.45) is 0 Å². The minimum Gasteiger partial charge on any atom is -0.507 e. The molecule has 5 heteroatoms. The third-order valence-corrected chi connectivity index (χ3v) is 5.23. The van der Waals surface area contributed by atoms with Gasteiger partial charge in [0.1, 0.15) is 11.5 Å². The molecule has 1 fully saturated rings. The lowest BCUT2D eigenvalue weighted by Gasteiger charge is -2.28. The lowest BCUT2D eigenvalue weighted by Crippen LogP contribution is -2.36. The number of nitrogens with zero attached hydrogens (tertiary/aromatic N) is 1. The van der Waals surface area contributed by atoms with Crippen LogP contribution in [0, 0.1) is 0 Å².